The Balaban J connectivity index is 1.61. The highest BCUT2D eigenvalue weighted by molar-refractivity contribution is 9.10. The number of carbonyl (C=O) groups is 1. The number of carbonyl (C=O) groups excluding carboxylic acids is 1. The first kappa shape index (κ1) is 21.0. The molecule has 0 radical (unpaired) electrons. The molecule has 0 unspecified atom stereocenters. The third-order valence-corrected chi connectivity index (χ3v) is 6.10. The average molecular weight is 482 g/mol. The van der Waals surface area contributed by atoms with Crippen LogP contribution in [-0.4, -0.2) is 32.3 Å². The summed E-state index contributed by atoms with van der Waals surface area (Å²) in [4.78, 5) is 22.3. The number of aryl methyl sites for hydroxylation is 1. The van der Waals surface area contributed by atoms with Gasteiger partial charge in [-0.1, -0.05) is 22.0 Å². The number of furan rings is 1. The van der Waals surface area contributed by atoms with E-state index in [1.165, 1.54) is 18.2 Å². The molecule has 0 aliphatic rings. The van der Waals surface area contributed by atoms with Crippen molar-refractivity contribution in [3.05, 3.63) is 68.4 Å². The van der Waals surface area contributed by atoms with Gasteiger partial charge in [0.25, 0.3) is 11.6 Å². The van der Waals surface area contributed by atoms with E-state index in [-0.39, 0.29) is 29.4 Å². The van der Waals surface area contributed by atoms with E-state index >= 15 is 0 Å². The molecule has 152 valence electrons. The van der Waals surface area contributed by atoms with E-state index < -0.39 is 20.9 Å². The Morgan fingerprint density at radius 3 is 2.69 bits per heavy atom. The van der Waals surface area contributed by atoms with Gasteiger partial charge in [-0.2, -0.15) is 0 Å². The number of hydrogen-bond acceptors (Lipinski definition) is 6. The predicted molar refractivity (Wildman–Crippen MR) is 109 cm³/mol. The van der Waals surface area contributed by atoms with Crippen LogP contribution in [0.1, 0.15) is 16.1 Å². The Labute approximate surface area is 174 Å². The van der Waals surface area contributed by atoms with Crippen molar-refractivity contribution >= 4 is 48.5 Å². The lowest BCUT2D eigenvalue weighted by Crippen LogP contribution is -2.34. The lowest BCUT2D eigenvalue weighted by atomic mass is 10.1. The number of nitrogens with zero attached hydrogens (tertiary/aromatic N) is 1. The highest BCUT2D eigenvalue weighted by Gasteiger charge is 2.19. The number of fused-ring (bicyclic) bond motifs is 1. The van der Waals surface area contributed by atoms with Crippen molar-refractivity contribution in [3.8, 4) is 0 Å². The summed E-state index contributed by atoms with van der Waals surface area (Å²) in [5.41, 5.74) is 0.923. The predicted octanol–water partition coefficient (Wildman–Crippen LogP) is 3.12. The summed E-state index contributed by atoms with van der Waals surface area (Å²) in [7, 11) is -3.95. The minimum absolute atomic E-state index is 0.00711. The van der Waals surface area contributed by atoms with Gasteiger partial charge in [0, 0.05) is 40.6 Å². The number of hydrogen-bond donors (Lipinski definition) is 2. The van der Waals surface area contributed by atoms with Crippen LogP contribution in [0.4, 0.5) is 5.69 Å². The first-order chi connectivity index (χ1) is 13.7. The first-order valence-electron chi connectivity index (χ1n) is 8.40. The average Bonchev–Trinajstić information content (AvgIpc) is 3.01. The second-order valence-electron chi connectivity index (χ2n) is 6.10. The van der Waals surface area contributed by atoms with E-state index in [1.807, 2.05) is 6.07 Å². The Bertz CT molecular complexity index is 1210. The highest BCUT2D eigenvalue weighted by atomic mass is 79.9. The Morgan fingerprint density at radius 1 is 1.21 bits per heavy atom. The highest BCUT2D eigenvalue weighted by Crippen LogP contribution is 2.28. The van der Waals surface area contributed by atoms with Crippen molar-refractivity contribution in [2.24, 2.45) is 0 Å². The smallest absolute Gasteiger partial charge is 0.287 e. The summed E-state index contributed by atoms with van der Waals surface area (Å²) in [6.07, 6.45) is 0. The normalized spacial score (nSPS) is 11.5. The number of nitro benzene ring substituents is 1. The fraction of sp³-hybridized carbons (Fsp3) is 0.167. The number of nitrogens with one attached hydrogen (secondary N) is 2. The molecular weight excluding hydrogens is 466 g/mol. The lowest BCUT2D eigenvalue weighted by Gasteiger charge is -2.07. The van der Waals surface area contributed by atoms with Crippen LogP contribution >= 0.6 is 15.9 Å². The molecule has 29 heavy (non-hydrogen) atoms. The zero-order valence-electron chi connectivity index (χ0n) is 15.1. The van der Waals surface area contributed by atoms with Crippen LogP contribution in [0.15, 0.2) is 56.2 Å². The van der Waals surface area contributed by atoms with Crippen molar-refractivity contribution in [1.29, 1.82) is 0 Å². The third kappa shape index (κ3) is 4.63. The molecule has 0 atom stereocenters. The van der Waals surface area contributed by atoms with Crippen LogP contribution in [0, 0.1) is 17.0 Å². The van der Waals surface area contributed by atoms with Gasteiger partial charge < -0.3 is 9.73 Å². The van der Waals surface area contributed by atoms with Crippen molar-refractivity contribution < 1.29 is 22.6 Å². The van der Waals surface area contributed by atoms with Gasteiger partial charge in [-0.25, -0.2) is 13.1 Å². The second-order valence-corrected chi connectivity index (χ2v) is 8.79. The maximum absolute atomic E-state index is 12.4. The molecule has 2 aromatic carbocycles. The number of halogens is 1. The van der Waals surface area contributed by atoms with Gasteiger partial charge >= 0.3 is 0 Å². The van der Waals surface area contributed by atoms with E-state index in [9.17, 15) is 23.3 Å². The van der Waals surface area contributed by atoms with Gasteiger partial charge in [0.05, 0.1) is 9.82 Å². The minimum Gasteiger partial charge on any atom is -0.451 e. The molecule has 0 saturated heterocycles. The van der Waals surface area contributed by atoms with Gasteiger partial charge in [0.15, 0.2) is 5.76 Å². The van der Waals surface area contributed by atoms with Gasteiger partial charge in [-0.05, 0) is 31.2 Å². The molecule has 3 aromatic rings. The van der Waals surface area contributed by atoms with Crippen molar-refractivity contribution in [1.82, 2.24) is 10.0 Å². The molecule has 0 saturated carbocycles. The topological polar surface area (TPSA) is 132 Å². The summed E-state index contributed by atoms with van der Waals surface area (Å²) < 4.78 is 33.2. The number of sulfonamides is 1. The van der Waals surface area contributed by atoms with E-state index in [2.05, 4.69) is 26.0 Å². The van der Waals surface area contributed by atoms with Crippen LogP contribution in [0.5, 0.6) is 0 Å². The maximum atomic E-state index is 12.4. The molecule has 3 rings (SSSR count). The van der Waals surface area contributed by atoms with E-state index in [4.69, 9.17) is 4.42 Å². The number of benzene rings is 2. The summed E-state index contributed by atoms with van der Waals surface area (Å²) in [5.74, 6) is -0.316. The van der Waals surface area contributed by atoms with Crippen LogP contribution in [0.25, 0.3) is 11.0 Å². The fourth-order valence-corrected chi connectivity index (χ4v) is 4.13. The Morgan fingerprint density at radius 2 is 1.97 bits per heavy atom. The number of nitro groups is 1. The number of rotatable bonds is 7. The standard InChI is InChI=1S/C18H16BrN3O6S/c1-11-15-9-12(19)5-6-16(15)28-17(11)18(23)20-7-8-21-29(26,27)14-4-2-3-13(10-14)22(24)25/h2-6,9-10,21H,7-8H2,1H3,(H,20,23). The third-order valence-electron chi connectivity index (χ3n) is 4.15. The quantitative estimate of drug-likeness (QED) is 0.302. The monoisotopic (exact) mass is 481 g/mol. The number of amides is 1. The molecule has 1 heterocycles. The van der Waals surface area contributed by atoms with E-state index in [0.717, 1.165) is 15.9 Å². The van der Waals surface area contributed by atoms with Crippen LogP contribution in [0.3, 0.4) is 0 Å². The Kier molecular flexibility index (Phi) is 6.01. The molecule has 0 spiro atoms. The molecular formula is C18H16BrN3O6S. The van der Waals surface area contributed by atoms with Gasteiger partial charge in [-0.15, -0.1) is 0 Å². The second kappa shape index (κ2) is 8.31. The van der Waals surface area contributed by atoms with Crippen molar-refractivity contribution in [2.45, 2.75) is 11.8 Å². The summed E-state index contributed by atoms with van der Waals surface area (Å²) in [6.45, 7) is 1.67. The summed E-state index contributed by atoms with van der Waals surface area (Å²) >= 11 is 3.37. The van der Waals surface area contributed by atoms with Gasteiger partial charge in [0.1, 0.15) is 5.58 Å². The van der Waals surface area contributed by atoms with Crippen LogP contribution in [0.2, 0.25) is 0 Å². The van der Waals surface area contributed by atoms with Gasteiger partial charge in [0.2, 0.25) is 10.0 Å². The van der Waals surface area contributed by atoms with E-state index in [1.54, 1.807) is 19.1 Å². The SMILES string of the molecule is Cc1c(C(=O)NCCNS(=O)(=O)c2cccc([N+](=O)[O-])c2)oc2ccc(Br)cc12. The van der Waals surface area contributed by atoms with Gasteiger partial charge in [-0.3, -0.25) is 14.9 Å². The molecule has 0 bridgehead atoms. The molecule has 0 aliphatic carbocycles. The maximum Gasteiger partial charge on any atom is 0.287 e. The molecule has 11 heteroatoms. The zero-order valence-corrected chi connectivity index (χ0v) is 17.5. The number of non-ortho nitro benzene ring substituents is 1. The van der Waals surface area contributed by atoms with Crippen molar-refractivity contribution in [3.63, 3.8) is 0 Å². The lowest BCUT2D eigenvalue weighted by molar-refractivity contribution is -0.385. The summed E-state index contributed by atoms with van der Waals surface area (Å²) in [6, 6.07) is 10.1. The van der Waals surface area contributed by atoms with Crippen LogP contribution < -0.4 is 10.0 Å². The molecule has 0 fully saturated rings. The fourth-order valence-electron chi connectivity index (χ4n) is 2.70. The van der Waals surface area contributed by atoms with Crippen molar-refractivity contribution in [2.75, 3.05) is 13.1 Å². The molecule has 1 amide bonds. The van der Waals surface area contributed by atoms with E-state index in [0.29, 0.717) is 11.1 Å². The summed E-state index contributed by atoms with van der Waals surface area (Å²) in [5, 5.41) is 14.2. The van der Waals surface area contributed by atoms with Crippen LogP contribution in [-0.2, 0) is 10.0 Å². The Hall–Kier alpha value is -2.76. The molecule has 9 nitrogen and oxygen atoms in total. The largest absolute Gasteiger partial charge is 0.451 e. The molecule has 2 N–H and O–H groups in total. The minimum atomic E-state index is -3.95. The zero-order chi connectivity index (χ0) is 21.2. The first-order valence-corrected chi connectivity index (χ1v) is 10.7. The molecule has 0 aliphatic heterocycles. The molecule has 1 aromatic heterocycles.